The van der Waals surface area contributed by atoms with Gasteiger partial charge in [-0.05, 0) is 42.7 Å². The van der Waals surface area contributed by atoms with Gasteiger partial charge in [-0.1, -0.05) is 18.2 Å². The van der Waals surface area contributed by atoms with Crippen LogP contribution in [0.25, 0.3) is 11.0 Å². The molecule has 100 valence electrons. The van der Waals surface area contributed by atoms with E-state index in [1.165, 1.54) is 0 Å². The minimum Gasteiger partial charge on any atom is -0.451 e. The second kappa shape index (κ2) is 5.43. The van der Waals surface area contributed by atoms with Crippen molar-refractivity contribution in [1.29, 1.82) is 0 Å². The molecule has 1 amide bonds. The van der Waals surface area contributed by atoms with Gasteiger partial charge in [-0.15, -0.1) is 11.8 Å². The second-order valence-electron chi connectivity index (χ2n) is 4.33. The van der Waals surface area contributed by atoms with E-state index in [4.69, 9.17) is 4.42 Å². The predicted octanol–water partition coefficient (Wildman–Crippen LogP) is 4.41. The van der Waals surface area contributed by atoms with Gasteiger partial charge in [0.25, 0.3) is 5.91 Å². The molecule has 4 heteroatoms. The summed E-state index contributed by atoms with van der Waals surface area (Å²) in [4.78, 5) is 13.3. The molecule has 2 aromatic carbocycles. The summed E-state index contributed by atoms with van der Waals surface area (Å²) in [6.45, 7) is 0. The van der Waals surface area contributed by atoms with Gasteiger partial charge in [0.15, 0.2) is 5.76 Å². The maximum Gasteiger partial charge on any atom is 0.291 e. The summed E-state index contributed by atoms with van der Waals surface area (Å²) in [7, 11) is 0. The Morgan fingerprint density at radius 1 is 1.10 bits per heavy atom. The number of rotatable bonds is 3. The summed E-state index contributed by atoms with van der Waals surface area (Å²) >= 11 is 1.66. The van der Waals surface area contributed by atoms with E-state index < -0.39 is 0 Å². The second-order valence-corrected chi connectivity index (χ2v) is 5.21. The lowest BCUT2D eigenvalue weighted by atomic mass is 10.2. The maximum atomic E-state index is 12.1. The van der Waals surface area contributed by atoms with Gasteiger partial charge in [0.05, 0.1) is 0 Å². The van der Waals surface area contributed by atoms with Crippen LogP contribution in [0.3, 0.4) is 0 Å². The molecule has 0 atom stereocenters. The van der Waals surface area contributed by atoms with Crippen molar-refractivity contribution in [3.05, 3.63) is 60.4 Å². The Bertz CT molecular complexity index is 714. The molecule has 0 fully saturated rings. The van der Waals surface area contributed by atoms with Gasteiger partial charge in [0, 0.05) is 16.0 Å². The molecule has 0 spiro atoms. The molecule has 0 saturated carbocycles. The van der Waals surface area contributed by atoms with Crippen LogP contribution in [0.2, 0.25) is 0 Å². The zero-order valence-corrected chi connectivity index (χ0v) is 11.7. The van der Waals surface area contributed by atoms with Gasteiger partial charge in [-0.25, -0.2) is 0 Å². The summed E-state index contributed by atoms with van der Waals surface area (Å²) in [6, 6.07) is 17.0. The van der Waals surface area contributed by atoms with Crippen molar-refractivity contribution in [1.82, 2.24) is 0 Å². The Morgan fingerprint density at radius 3 is 2.55 bits per heavy atom. The molecule has 0 aliphatic carbocycles. The van der Waals surface area contributed by atoms with E-state index in [1.807, 2.05) is 54.8 Å². The lowest BCUT2D eigenvalue weighted by Crippen LogP contribution is -2.10. The monoisotopic (exact) mass is 283 g/mol. The van der Waals surface area contributed by atoms with Crippen molar-refractivity contribution in [3.8, 4) is 0 Å². The minimum atomic E-state index is -0.238. The Morgan fingerprint density at radius 2 is 1.85 bits per heavy atom. The van der Waals surface area contributed by atoms with Crippen molar-refractivity contribution in [3.63, 3.8) is 0 Å². The van der Waals surface area contributed by atoms with Crippen molar-refractivity contribution in [2.24, 2.45) is 0 Å². The fourth-order valence-electron chi connectivity index (χ4n) is 1.96. The highest BCUT2D eigenvalue weighted by molar-refractivity contribution is 7.98. The zero-order valence-electron chi connectivity index (χ0n) is 10.9. The highest BCUT2D eigenvalue weighted by atomic mass is 32.2. The average molecular weight is 283 g/mol. The van der Waals surface area contributed by atoms with Crippen molar-refractivity contribution >= 4 is 34.3 Å². The number of thioether (sulfide) groups is 1. The first kappa shape index (κ1) is 12.8. The van der Waals surface area contributed by atoms with Crippen LogP contribution in [0.5, 0.6) is 0 Å². The molecule has 0 bridgehead atoms. The Balaban J connectivity index is 1.81. The molecule has 0 saturated heterocycles. The molecule has 1 N–H and O–H groups in total. The number of fused-ring (bicyclic) bond motifs is 1. The van der Waals surface area contributed by atoms with Gasteiger partial charge in [0.2, 0.25) is 0 Å². The molecule has 0 unspecified atom stereocenters. The molecule has 20 heavy (non-hydrogen) atoms. The molecule has 3 nitrogen and oxygen atoms in total. The standard InChI is InChI=1S/C16H13NO2S/c1-20-13-8-6-12(7-9-13)17-16(18)15-10-11-4-2-3-5-14(11)19-15/h2-10H,1H3,(H,17,18). The van der Waals surface area contributed by atoms with Crippen molar-refractivity contribution in [2.75, 3.05) is 11.6 Å². The molecule has 0 radical (unpaired) electrons. The third-order valence-corrected chi connectivity index (χ3v) is 3.74. The lowest BCUT2D eigenvalue weighted by Gasteiger charge is -2.03. The summed E-state index contributed by atoms with van der Waals surface area (Å²) in [5, 5.41) is 3.75. The van der Waals surface area contributed by atoms with Crippen molar-refractivity contribution < 1.29 is 9.21 Å². The summed E-state index contributed by atoms with van der Waals surface area (Å²) < 4.78 is 5.53. The van der Waals surface area contributed by atoms with Gasteiger partial charge in [-0.3, -0.25) is 4.79 Å². The molecular formula is C16H13NO2S. The van der Waals surface area contributed by atoms with Crippen LogP contribution in [0, 0.1) is 0 Å². The predicted molar refractivity (Wildman–Crippen MR) is 82.4 cm³/mol. The molecule has 0 aliphatic heterocycles. The van der Waals surface area contributed by atoms with Crippen molar-refractivity contribution in [2.45, 2.75) is 4.90 Å². The van der Waals surface area contributed by atoms with Crippen LogP contribution in [0.4, 0.5) is 5.69 Å². The Hall–Kier alpha value is -2.20. The Labute approximate surface area is 121 Å². The molecular weight excluding hydrogens is 270 g/mol. The highest BCUT2D eigenvalue weighted by Gasteiger charge is 2.12. The fraction of sp³-hybridized carbons (Fsp3) is 0.0625. The van der Waals surface area contributed by atoms with E-state index in [1.54, 1.807) is 17.8 Å². The summed E-state index contributed by atoms with van der Waals surface area (Å²) in [6.07, 6.45) is 2.02. The normalized spacial score (nSPS) is 10.7. The van der Waals surface area contributed by atoms with Crippen LogP contribution in [-0.2, 0) is 0 Å². The molecule has 3 aromatic rings. The average Bonchev–Trinajstić information content (AvgIpc) is 2.92. The van der Waals surface area contributed by atoms with Gasteiger partial charge >= 0.3 is 0 Å². The Kier molecular flexibility index (Phi) is 3.48. The summed E-state index contributed by atoms with van der Waals surface area (Å²) in [5.41, 5.74) is 1.48. The van der Waals surface area contributed by atoms with Crippen LogP contribution >= 0.6 is 11.8 Å². The minimum absolute atomic E-state index is 0.238. The number of carbonyl (C=O) groups is 1. The SMILES string of the molecule is CSc1ccc(NC(=O)c2cc3ccccc3o2)cc1. The first-order valence-electron chi connectivity index (χ1n) is 6.20. The topological polar surface area (TPSA) is 42.2 Å². The van der Waals surface area contributed by atoms with Gasteiger partial charge in [-0.2, -0.15) is 0 Å². The molecule has 0 aliphatic rings. The highest BCUT2D eigenvalue weighted by Crippen LogP contribution is 2.21. The number of furan rings is 1. The number of hydrogen-bond donors (Lipinski definition) is 1. The third-order valence-electron chi connectivity index (χ3n) is 3.00. The molecule has 3 rings (SSSR count). The zero-order chi connectivity index (χ0) is 13.9. The summed E-state index contributed by atoms with van der Waals surface area (Å²) in [5.74, 6) is 0.0817. The fourth-order valence-corrected chi connectivity index (χ4v) is 2.37. The quantitative estimate of drug-likeness (QED) is 0.724. The molecule has 1 heterocycles. The van der Waals surface area contributed by atoms with E-state index in [2.05, 4.69) is 5.32 Å². The first-order chi connectivity index (χ1) is 9.76. The van der Waals surface area contributed by atoms with E-state index in [0.717, 1.165) is 21.6 Å². The number of anilines is 1. The smallest absolute Gasteiger partial charge is 0.291 e. The molecule has 1 aromatic heterocycles. The number of amides is 1. The maximum absolute atomic E-state index is 12.1. The van der Waals surface area contributed by atoms with Crippen LogP contribution in [0.1, 0.15) is 10.6 Å². The van der Waals surface area contributed by atoms with Gasteiger partial charge in [0.1, 0.15) is 5.58 Å². The van der Waals surface area contributed by atoms with Crippen LogP contribution < -0.4 is 5.32 Å². The van der Waals surface area contributed by atoms with E-state index in [9.17, 15) is 4.79 Å². The number of carbonyl (C=O) groups excluding carboxylic acids is 1. The number of benzene rings is 2. The van der Waals surface area contributed by atoms with Gasteiger partial charge < -0.3 is 9.73 Å². The number of para-hydroxylation sites is 1. The van der Waals surface area contributed by atoms with E-state index in [0.29, 0.717) is 5.76 Å². The first-order valence-corrected chi connectivity index (χ1v) is 7.43. The third kappa shape index (κ3) is 2.56. The number of nitrogens with one attached hydrogen (secondary N) is 1. The lowest BCUT2D eigenvalue weighted by molar-refractivity contribution is 0.0998. The van der Waals surface area contributed by atoms with Crippen LogP contribution in [0.15, 0.2) is 63.9 Å². The van der Waals surface area contributed by atoms with E-state index in [-0.39, 0.29) is 5.91 Å². The largest absolute Gasteiger partial charge is 0.451 e. The van der Waals surface area contributed by atoms with Crippen LogP contribution in [-0.4, -0.2) is 12.2 Å². The van der Waals surface area contributed by atoms with E-state index >= 15 is 0 Å². The number of hydrogen-bond acceptors (Lipinski definition) is 3.